The lowest BCUT2D eigenvalue weighted by atomic mass is 9.90. The number of benzene rings is 1. The Morgan fingerprint density at radius 2 is 1.95 bits per heavy atom. The standard InChI is InChI=1S/C12H14F2N2O3/c1-2-12(19)5-16(6-12)10-8(13)3-7(4-9(10)14)15-11(17)18/h3-4,15,19H,2,5-6H2,1H3,(H,17,18). The van der Waals surface area contributed by atoms with Gasteiger partial charge in [-0.25, -0.2) is 13.6 Å². The summed E-state index contributed by atoms with van der Waals surface area (Å²) < 4.78 is 27.6. The Bertz CT molecular complexity index is 493. The van der Waals surface area contributed by atoms with Crippen LogP contribution in [0.15, 0.2) is 12.1 Å². The molecule has 0 atom stereocenters. The molecule has 0 aliphatic carbocycles. The monoisotopic (exact) mass is 272 g/mol. The lowest BCUT2D eigenvalue weighted by Crippen LogP contribution is -2.62. The first kappa shape index (κ1) is 13.5. The first-order valence-corrected chi connectivity index (χ1v) is 5.81. The summed E-state index contributed by atoms with van der Waals surface area (Å²) in [6.45, 7) is 2.11. The Labute approximate surface area is 108 Å². The maximum atomic E-state index is 13.8. The molecule has 0 saturated carbocycles. The van der Waals surface area contributed by atoms with Crippen molar-refractivity contribution in [2.24, 2.45) is 0 Å². The molecule has 1 aromatic carbocycles. The fraction of sp³-hybridized carbons (Fsp3) is 0.417. The molecule has 0 unspecified atom stereocenters. The van der Waals surface area contributed by atoms with Gasteiger partial charge in [-0.3, -0.25) is 5.32 Å². The molecule has 1 aromatic rings. The van der Waals surface area contributed by atoms with Crippen LogP contribution in [0.4, 0.5) is 25.0 Å². The maximum Gasteiger partial charge on any atom is 0.409 e. The smallest absolute Gasteiger partial charge is 0.409 e. The number of hydrogen-bond donors (Lipinski definition) is 3. The van der Waals surface area contributed by atoms with E-state index in [9.17, 15) is 18.7 Å². The summed E-state index contributed by atoms with van der Waals surface area (Å²) in [4.78, 5) is 11.8. The normalized spacial score (nSPS) is 16.9. The number of carbonyl (C=O) groups is 1. The summed E-state index contributed by atoms with van der Waals surface area (Å²) in [6, 6.07) is 1.83. The molecule has 1 aliphatic heterocycles. The first-order chi connectivity index (χ1) is 8.84. The van der Waals surface area contributed by atoms with E-state index in [1.165, 1.54) is 4.90 Å². The van der Waals surface area contributed by atoms with Crippen LogP contribution in [0.1, 0.15) is 13.3 Å². The molecule has 2 rings (SSSR count). The van der Waals surface area contributed by atoms with Crippen LogP contribution in [-0.4, -0.2) is 35.0 Å². The zero-order valence-electron chi connectivity index (χ0n) is 10.3. The van der Waals surface area contributed by atoms with Crippen LogP contribution < -0.4 is 10.2 Å². The minimum Gasteiger partial charge on any atom is -0.465 e. The van der Waals surface area contributed by atoms with E-state index in [0.29, 0.717) is 6.42 Å². The van der Waals surface area contributed by atoms with Crippen molar-refractivity contribution in [2.45, 2.75) is 18.9 Å². The number of rotatable bonds is 3. The van der Waals surface area contributed by atoms with Gasteiger partial charge in [-0.05, 0) is 18.6 Å². The number of hydrogen-bond acceptors (Lipinski definition) is 3. The molecule has 5 nitrogen and oxygen atoms in total. The van der Waals surface area contributed by atoms with E-state index in [1.54, 1.807) is 6.92 Å². The molecule has 1 aliphatic rings. The zero-order chi connectivity index (χ0) is 14.2. The molecule has 1 amide bonds. The number of aliphatic hydroxyl groups is 1. The molecule has 7 heteroatoms. The highest BCUT2D eigenvalue weighted by molar-refractivity contribution is 5.83. The number of halogens is 2. The van der Waals surface area contributed by atoms with Gasteiger partial charge in [0.1, 0.15) is 5.69 Å². The van der Waals surface area contributed by atoms with Crippen molar-refractivity contribution >= 4 is 17.5 Å². The lowest BCUT2D eigenvalue weighted by molar-refractivity contribution is 0.00782. The highest BCUT2D eigenvalue weighted by Crippen LogP contribution is 2.34. The summed E-state index contributed by atoms with van der Waals surface area (Å²) in [7, 11) is 0. The van der Waals surface area contributed by atoms with Crippen LogP contribution in [0.5, 0.6) is 0 Å². The van der Waals surface area contributed by atoms with Crippen molar-refractivity contribution in [3.63, 3.8) is 0 Å². The Kier molecular flexibility index (Phi) is 3.32. The van der Waals surface area contributed by atoms with Crippen molar-refractivity contribution < 1.29 is 23.8 Å². The predicted octanol–water partition coefficient (Wildman–Crippen LogP) is 2.02. The van der Waals surface area contributed by atoms with E-state index in [-0.39, 0.29) is 24.5 Å². The minimum atomic E-state index is -1.39. The van der Waals surface area contributed by atoms with E-state index in [4.69, 9.17) is 5.11 Å². The van der Waals surface area contributed by atoms with Crippen molar-refractivity contribution in [2.75, 3.05) is 23.3 Å². The van der Waals surface area contributed by atoms with E-state index >= 15 is 0 Å². The van der Waals surface area contributed by atoms with Gasteiger partial charge in [0.15, 0.2) is 11.6 Å². The number of β-amino-alcohol motifs (C(OH)–C–C–N with tert-alkyl or cyclic N) is 1. The number of amides is 1. The maximum absolute atomic E-state index is 13.8. The van der Waals surface area contributed by atoms with E-state index in [2.05, 4.69) is 0 Å². The van der Waals surface area contributed by atoms with Gasteiger partial charge in [-0.1, -0.05) is 6.92 Å². The molecule has 1 heterocycles. The number of nitrogens with one attached hydrogen (secondary N) is 1. The van der Waals surface area contributed by atoms with Crippen LogP contribution >= 0.6 is 0 Å². The summed E-state index contributed by atoms with van der Waals surface area (Å²) in [5, 5.41) is 20.2. The third-order valence-electron chi connectivity index (χ3n) is 3.21. The summed E-state index contributed by atoms with van der Waals surface area (Å²) in [5.74, 6) is -1.72. The second-order valence-electron chi connectivity index (χ2n) is 4.65. The van der Waals surface area contributed by atoms with Crippen molar-refractivity contribution in [1.82, 2.24) is 0 Å². The minimum absolute atomic E-state index is 0.156. The van der Waals surface area contributed by atoms with Gasteiger partial charge >= 0.3 is 6.09 Å². The van der Waals surface area contributed by atoms with E-state index in [0.717, 1.165) is 12.1 Å². The summed E-state index contributed by atoms with van der Waals surface area (Å²) >= 11 is 0. The average molecular weight is 272 g/mol. The van der Waals surface area contributed by atoms with Gasteiger partial charge in [0.2, 0.25) is 0 Å². The van der Waals surface area contributed by atoms with Gasteiger partial charge in [-0.2, -0.15) is 0 Å². The number of carboxylic acid groups (broad SMARTS) is 1. The molecular weight excluding hydrogens is 258 g/mol. The molecule has 19 heavy (non-hydrogen) atoms. The first-order valence-electron chi connectivity index (χ1n) is 5.81. The van der Waals surface area contributed by atoms with Gasteiger partial charge in [0, 0.05) is 18.8 Å². The third kappa shape index (κ3) is 2.60. The van der Waals surface area contributed by atoms with Crippen LogP contribution in [0.25, 0.3) is 0 Å². The van der Waals surface area contributed by atoms with Gasteiger partial charge in [-0.15, -0.1) is 0 Å². The van der Waals surface area contributed by atoms with Crippen LogP contribution in [0.3, 0.4) is 0 Å². The second-order valence-corrected chi connectivity index (χ2v) is 4.65. The number of nitrogens with zero attached hydrogens (tertiary/aromatic N) is 1. The van der Waals surface area contributed by atoms with E-state index < -0.39 is 23.3 Å². The SMILES string of the molecule is CCC1(O)CN(c2c(F)cc(NC(=O)O)cc2F)C1. The molecule has 0 aromatic heterocycles. The summed E-state index contributed by atoms with van der Waals surface area (Å²) in [6.07, 6.45) is -0.887. The van der Waals surface area contributed by atoms with Crippen molar-refractivity contribution in [1.29, 1.82) is 0 Å². The van der Waals surface area contributed by atoms with Gasteiger partial charge in [0.05, 0.1) is 5.60 Å². The second kappa shape index (κ2) is 4.65. The summed E-state index contributed by atoms with van der Waals surface area (Å²) in [5.41, 5.74) is -1.32. The zero-order valence-corrected chi connectivity index (χ0v) is 10.3. The molecule has 104 valence electrons. The predicted molar refractivity (Wildman–Crippen MR) is 65.5 cm³/mol. The Morgan fingerprint density at radius 1 is 1.42 bits per heavy atom. The molecule has 3 N–H and O–H groups in total. The molecule has 0 radical (unpaired) electrons. The third-order valence-corrected chi connectivity index (χ3v) is 3.21. The molecular formula is C12H14F2N2O3. The highest BCUT2D eigenvalue weighted by Gasteiger charge is 2.41. The molecule has 1 fully saturated rings. The van der Waals surface area contributed by atoms with Crippen molar-refractivity contribution in [3.05, 3.63) is 23.8 Å². The largest absolute Gasteiger partial charge is 0.465 e. The lowest BCUT2D eigenvalue weighted by Gasteiger charge is -2.47. The van der Waals surface area contributed by atoms with Gasteiger partial charge in [0.25, 0.3) is 0 Å². The highest BCUT2D eigenvalue weighted by atomic mass is 19.1. The Morgan fingerprint density at radius 3 is 2.37 bits per heavy atom. The van der Waals surface area contributed by atoms with Gasteiger partial charge < -0.3 is 15.1 Å². The number of anilines is 2. The fourth-order valence-corrected chi connectivity index (χ4v) is 2.11. The van der Waals surface area contributed by atoms with Crippen molar-refractivity contribution in [3.8, 4) is 0 Å². The topological polar surface area (TPSA) is 72.8 Å². The Balaban J connectivity index is 2.21. The van der Waals surface area contributed by atoms with Crippen LogP contribution in [0, 0.1) is 11.6 Å². The molecule has 0 bridgehead atoms. The Hall–Kier alpha value is -1.89. The fourth-order valence-electron chi connectivity index (χ4n) is 2.11. The van der Waals surface area contributed by atoms with Crippen LogP contribution in [-0.2, 0) is 0 Å². The quantitative estimate of drug-likeness (QED) is 0.787. The molecule has 1 saturated heterocycles. The average Bonchev–Trinajstić information content (AvgIpc) is 2.24. The van der Waals surface area contributed by atoms with Crippen LogP contribution in [0.2, 0.25) is 0 Å². The molecule has 0 spiro atoms. The van der Waals surface area contributed by atoms with E-state index in [1.807, 2.05) is 5.32 Å².